The molecule has 0 radical (unpaired) electrons. The Balaban J connectivity index is 2.37. The number of nitrogens with one attached hydrogen (secondary N) is 1. The smallest absolute Gasteiger partial charge is 0.133 e. The molecular weight excluding hydrogens is 262 g/mol. The summed E-state index contributed by atoms with van der Waals surface area (Å²) in [4.78, 5) is 9.34. The van der Waals surface area contributed by atoms with Crippen molar-refractivity contribution < 1.29 is 4.74 Å². The van der Waals surface area contributed by atoms with Crippen LogP contribution in [0.2, 0.25) is 0 Å². The number of anilines is 1. The fourth-order valence-corrected chi connectivity index (χ4v) is 2.20. The van der Waals surface area contributed by atoms with E-state index in [9.17, 15) is 0 Å². The predicted molar refractivity (Wildman–Crippen MR) is 86.6 cm³/mol. The third-order valence-corrected chi connectivity index (χ3v) is 3.26. The van der Waals surface area contributed by atoms with Crippen LogP contribution in [0.15, 0.2) is 30.3 Å². The Labute approximate surface area is 126 Å². The van der Waals surface area contributed by atoms with Crippen molar-refractivity contribution in [1.29, 1.82) is 0 Å². The molecule has 0 spiro atoms. The quantitative estimate of drug-likeness (QED) is 0.791. The lowest BCUT2D eigenvalue weighted by Gasteiger charge is -2.13. The maximum atomic E-state index is 5.41. The van der Waals surface area contributed by atoms with E-state index < -0.39 is 0 Å². The molecule has 0 saturated heterocycles. The first kappa shape index (κ1) is 15.4. The van der Waals surface area contributed by atoms with Crippen molar-refractivity contribution in [2.75, 3.05) is 25.1 Å². The van der Waals surface area contributed by atoms with Crippen LogP contribution in [0, 0.1) is 6.92 Å². The van der Waals surface area contributed by atoms with Crippen molar-refractivity contribution in [1.82, 2.24) is 9.97 Å². The van der Waals surface area contributed by atoms with Crippen LogP contribution in [0.5, 0.6) is 0 Å². The van der Waals surface area contributed by atoms with Gasteiger partial charge < -0.3 is 10.1 Å². The maximum absolute atomic E-state index is 5.41. The first-order valence-corrected chi connectivity index (χ1v) is 7.50. The summed E-state index contributed by atoms with van der Waals surface area (Å²) in [5, 5.41) is 3.32. The zero-order valence-electron chi connectivity index (χ0n) is 13.0. The minimum atomic E-state index is 0.652. The summed E-state index contributed by atoms with van der Waals surface area (Å²) >= 11 is 0. The highest BCUT2D eigenvalue weighted by Gasteiger charge is 2.12. The molecule has 0 aliphatic heterocycles. The van der Waals surface area contributed by atoms with E-state index in [4.69, 9.17) is 9.72 Å². The van der Waals surface area contributed by atoms with Crippen LogP contribution >= 0.6 is 0 Å². The van der Waals surface area contributed by atoms with Crippen LogP contribution in [-0.2, 0) is 11.2 Å². The van der Waals surface area contributed by atoms with Gasteiger partial charge in [0.15, 0.2) is 0 Å². The van der Waals surface area contributed by atoms with Gasteiger partial charge in [-0.2, -0.15) is 0 Å². The lowest BCUT2D eigenvalue weighted by molar-refractivity contribution is 0.149. The lowest BCUT2D eigenvalue weighted by Crippen LogP contribution is -2.10. The Morgan fingerprint density at radius 3 is 2.52 bits per heavy atom. The molecule has 1 heterocycles. The Kier molecular flexibility index (Phi) is 5.69. The molecule has 0 fully saturated rings. The molecular formula is C17H23N3O. The highest BCUT2D eigenvalue weighted by molar-refractivity contribution is 5.68. The maximum Gasteiger partial charge on any atom is 0.133 e. The molecule has 0 amide bonds. The van der Waals surface area contributed by atoms with Gasteiger partial charge in [0.05, 0.1) is 12.3 Å². The zero-order valence-corrected chi connectivity index (χ0v) is 13.0. The second-order valence-corrected chi connectivity index (χ2v) is 4.81. The lowest BCUT2D eigenvalue weighted by atomic mass is 10.1. The van der Waals surface area contributed by atoms with Gasteiger partial charge in [-0.15, -0.1) is 0 Å². The largest absolute Gasteiger partial charge is 0.381 e. The van der Waals surface area contributed by atoms with Gasteiger partial charge in [0.1, 0.15) is 11.6 Å². The summed E-state index contributed by atoms with van der Waals surface area (Å²) in [6.45, 7) is 8.35. The van der Waals surface area contributed by atoms with Crippen LogP contribution in [0.3, 0.4) is 0 Å². The van der Waals surface area contributed by atoms with Gasteiger partial charge in [-0.1, -0.05) is 30.3 Å². The summed E-state index contributed by atoms with van der Waals surface area (Å²) in [7, 11) is 0. The number of ether oxygens (including phenoxy) is 1. The molecule has 0 bridgehead atoms. The van der Waals surface area contributed by atoms with Crippen molar-refractivity contribution in [3.8, 4) is 11.3 Å². The molecule has 0 saturated carbocycles. The summed E-state index contributed by atoms with van der Waals surface area (Å²) in [6.07, 6.45) is 0.729. The van der Waals surface area contributed by atoms with Crippen LogP contribution in [-0.4, -0.2) is 29.7 Å². The van der Waals surface area contributed by atoms with Crippen molar-refractivity contribution in [3.63, 3.8) is 0 Å². The van der Waals surface area contributed by atoms with E-state index in [1.54, 1.807) is 0 Å². The average molecular weight is 285 g/mol. The average Bonchev–Trinajstić information content (AvgIpc) is 2.51. The molecule has 112 valence electrons. The van der Waals surface area contributed by atoms with Gasteiger partial charge in [0.2, 0.25) is 0 Å². The van der Waals surface area contributed by atoms with E-state index in [2.05, 4.69) is 36.3 Å². The molecule has 2 aromatic rings. The number of nitrogens with zero attached hydrogens (tertiary/aromatic N) is 2. The van der Waals surface area contributed by atoms with Gasteiger partial charge in [-0.3, -0.25) is 0 Å². The van der Waals surface area contributed by atoms with Crippen molar-refractivity contribution in [3.05, 3.63) is 41.7 Å². The third-order valence-electron chi connectivity index (χ3n) is 3.26. The Hall–Kier alpha value is -1.94. The number of aromatic nitrogens is 2. The molecule has 0 aliphatic rings. The van der Waals surface area contributed by atoms with Crippen molar-refractivity contribution in [2.24, 2.45) is 0 Å². The Morgan fingerprint density at radius 2 is 1.86 bits per heavy atom. The fraction of sp³-hybridized carbons (Fsp3) is 0.412. The van der Waals surface area contributed by atoms with Crippen LogP contribution in [0.1, 0.15) is 25.2 Å². The molecule has 4 heteroatoms. The normalized spacial score (nSPS) is 10.6. The molecule has 1 N–H and O–H groups in total. The van der Waals surface area contributed by atoms with E-state index in [0.29, 0.717) is 6.61 Å². The molecule has 0 atom stereocenters. The molecule has 0 unspecified atom stereocenters. The standard InChI is InChI=1S/C17H23N3O/c1-4-18-17-13(3)16(14-9-7-6-8-10-14)19-15(20-17)11-12-21-5-2/h6-10H,4-5,11-12H2,1-3H3,(H,18,19,20). The number of hydrogen-bond donors (Lipinski definition) is 1. The molecule has 0 aliphatic carbocycles. The first-order valence-electron chi connectivity index (χ1n) is 7.50. The van der Waals surface area contributed by atoms with Gasteiger partial charge in [-0.25, -0.2) is 9.97 Å². The SMILES string of the molecule is CCNc1nc(CCOCC)nc(-c2ccccc2)c1C. The van der Waals surface area contributed by atoms with Crippen molar-refractivity contribution >= 4 is 5.82 Å². The van der Waals surface area contributed by atoms with E-state index in [1.165, 1.54) is 0 Å². The molecule has 21 heavy (non-hydrogen) atoms. The Morgan fingerprint density at radius 1 is 1.10 bits per heavy atom. The van der Waals surface area contributed by atoms with Crippen LogP contribution in [0.25, 0.3) is 11.3 Å². The van der Waals surface area contributed by atoms with E-state index in [-0.39, 0.29) is 0 Å². The summed E-state index contributed by atoms with van der Waals surface area (Å²) in [6, 6.07) is 10.2. The Bertz CT molecular complexity index is 570. The van der Waals surface area contributed by atoms with E-state index in [0.717, 1.165) is 48.0 Å². The van der Waals surface area contributed by atoms with Gasteiger partial charge in [-0.05, 0) is 20.8 Å². The van der Waals surface area contributed by atoms with Gasteiger partial charge in [0.25, 0.3) is 0 Å². The molecule has 1 aromatic carbocycles. The third kappa shape index (κ3) is 4.02. The van der Waals surface area contributed by atoms with Crippen molar-refractivity contribution in [2.45, 2.75) is 27.2 Å². The highest BCUT2D eigenvalue weighted by atomic mass is 16.5. The number of benzene rings is 1. The number of hydrogen-bond acceptors (Lipinski definition) is 4. The second-order valence-electron chi connectivity index (χ2n) is 4.81. The monoisotopic (exact) mass is 285 g/mol. The van der Waals surface area contributed by atoms with Crippen LogP contribution in [0.4, 0.5) is 5.82 Å². The van der Waals surface area contributed by atoms with Gasteiger partial charge in [0, 0.05) is 30.7 Å². The molecule has 2 rings (SSSR count). The summed E-state index contributed by atoms with van der Waals surface area (Å²) in [5.74, 6) is 1.74. The van der Waals surface area contributed by atoms with E-state index in [1.807, 2.05) is 25.1 Å². The molecule has 4 nitrogen and oxygen atoms in total. The second kappa shape index (κ2) is 7.74. The molecule has 1 aromatic heterocycles. The first-order chi connectivity index (χ1) is 10.3. The fourth-order valence-electron chi connectivity index (χ4n) is 2.20. The zero-order chi connectivity index (χ0) is 15.1. The minimum absolute atomic E-state index is 0.652. The number of rotatable bonds is 7. The topological polar surface area (TPSA) is 47.0 Å². The highest BCUT2D eigenvalue weighted by Crippen LogP contribution is 2.25. The summed E-state index contributed by atoms with van der Waals surface area (Å²) < 4.78 is 5.41. The van der Waals surface area contributed by atoms with Crippen LogP contribution < -0.4 is 5.32 Å². The summed E-state index contributed by atoms with van der Waals surface area (Å²) in [5.41, 5.74) is 3.20. The van der Waals surface area contributed by atoms with Gasteiger partial charge >= 0.3 is 0 Å². The predicted octanol–water partition coefficient (Wildman–Crippen LogP) is 3.46. The minimum Gasteiger partial charge on any atom is -0.381 e. The van der Waals surface area contributed by atoms with E-state index >= 15 is 0 Å².